The topological polar surface area (TPSA) is 76.7 Å². The van der Waals surface area contributed by atoms with E-state index >= 15 is 0 Å². The summed E-state index contributed by atoms with van der Waals surface area (Å²) in [7, 11) is 0. The Kier molecular flexibility index (Phi) is 5.41. The van der Waals surface area contributed by atoms with Crippen molar-refractivity contribution in [1.82, 2.24) is 25.1 Å². The van der Waals surface area contributed by atoms with Crippen molar-refractivity contribution in [3.63, 3.8) is 0 Å². The third kappa shape index (κ3) is 4.86. The van der Waals surface area contributed by atoms with Gasteiger partial charge in [-0.1, -0.05) is 17.8 Å². The van der Waals surface area contributed by atoms with E-state index in [1.165, 1.54) is 11.5 Å². The van der Waals surface area contributed by atoms with Gasteiger partial charge in [-0.25, -0.2) is 0 Å². The van der Waals surface area contributed by atoms with Crippen molar-refractivity contribution in [3.8, 4) is 10.8 Å². The van der Waals surface area contributed by atoms with Gasteiger partial charge in [0.1, 0.15) is 4.88 Å². The molecule has 0 amide bonds. The normalized spacial score (nSPS) is 12.0. The van der Waals surface area contributed by atoms with Crippen molar-refractivity contribution in [2.75, 3.05) is 6.54 Å². The Morgan fingerprint density at radius 1 is 1.14 bits per heavy atom. The van der Waals surface area contributed by atoms with Crippen LogP contribution in [0.1, 0.15) is 52.1 Å². The van der Waals surface area contributed by atoms with Crippen LogP contribution in [0, 0.1) is 0 Å². The summed E-state index contributed by atoms with van der Waals surface area (Å²) in [6.45, 7) is 9.52. The van der Waals surface area contributed by atoms with Crippen LogP contribution in [-0.4, -0.2) is 31.9 Å². The molecule has 1 N–H and O–H groups in total. The van der Waals surface area contributed by atoms with Gasteiger partial charge in [0.2, 0.25) is 5.89 Å². The Hall–Kier alpha value is -1.34. The van der Waals surface area contributed by atoms with E-state index < -0.39 is 0 Å². The molecular weight excluding hydrogens is 286 g/mol. The molecule has 0 aliphatic heterocycles. The van der Waals surface area contributed by atoms with Crippen LogP contribution in [0.3, 0.4) is 0 Å². The van der Waals surface area contributed by atoms with E-state index in [2.05, 4.69) is 52.8 Å². The molecule has 0 fully saturated rings. The molecule has 6 nitrogen and oxygen atoms in total. The smallest absolute Gasteiger partial charge is 0.261 e. The quantitative estimate of drug-likeness (QED) is 0.793. The lowest BCUT2D eigenvalue weighted by atomic mass is 10.1. The van der Waals surface area contributed by atoms with Crippen LogP contribution in [0.15, 0.2) is 4.42 Å². The Morgan fingerprint density at radius 3 is 2.67 bits per heavy atom. The molecule has 0 aliphatic carbocycles. The van der Waals surface area contributed by atoms with Gasteiger partial charge in [-0.15, -0.1) is 15.3 Å². The van der Waals surface area contributed by atoms with Crippen molar-refractivity contribution in [2.45, 2.75) is 58.9 Å². The molecule has 2 aromatic heterocycles. The highest BCUT2D eigenvalue weighted by atomic mass is 32.1. The third-order valence-corrected chi connectivity index (χ3v) is 3.68. The first-order valence-electron chi connectivity index (χ1n) is 7.38. The van der Waals surface area contributed by atoms with Crippen molar-refractivity contribution in [2.24, 2.45) is 0 Å². The standard InChI is InChI=1S/C14H23N5OS/c1-5-7-10-12(21-19-16-10)13-18-17-11(20-13)8-6-9-15-14(2,3)4/h15H,5-9H2,1-4H3. The summed E-state index contributed by atoms with van der Waals surface area (Å²) < 4.78 is 9.71. The zero-order chi connectivity index (χ0) is 15.3. The summed E-state index contributed by atoms with van der Waals surface area (Å²) in [4.78, 5) is 0.906. The molecule has 0 radical (unpaired) electrons. The van der Waals surface area contributed by atoms with E-state index in [9.17, 15) is 0 Å². The highest BCUT2D eigenvalue weighted by Crippen LogP contribution is 2.25. The zero-order valence-corrected chi connectivity index (χ0v) is 14.0. The number of hydrogen-bond donors (Lipinski definition) is 1. The minimum Gasteiger partial charge on any atom is -0.420 e. The van der Waals surface area contributed by atoms with Crippen molar-refractivity contribution in [1.29, 1.82) is 0 Å². The van der Waals surface area contributed by atoms with E-state index in [0.717, 1.165) is 42.8 Å². The summed E-state index contributed by atoms with van der Waals surface area (Å²) in [6, 6.07) is 0. The van der Waals surface area contributed by atoms with Crippen LogP contribution in [0.5, 0.6) is 0 Å². The molecule has 2 heterocycles. The fourth-order valence-corrected chi connectivity index (χ4v) is 2.55. The lowest BCUT2D eigenvalue weighted by Crippen LogP contribution is -2.36. The minimum atomic E-state index is 0.142. The van der Waals surface area contributed by atoms with Crippen LogP contribution in [0.25, 0.3) is 10.8 Å². The fraction of sp³-hybridized carbons (Fsp3) is 0.714. The van der Waals surface area contributed by atoms with E-state index in [1.807, 2.05) is 0 Å². The summed E-state index contributed by atoms with van der Waals surface area (Å²) in [5.74, 6) is 1.23. The predicted octanol–water partition coefficient (Wildman–Crippen LogP) is 2.86. The average molecular weight is 309 g/mol. The SMILES string of the molecule is CCCc1nnsc1-c1nnc(CCCNC(C)(C)C)o1. The van der Waals surface area contributed by atoms with Crippen LogP contribution < -0.4 is 5.32 Å². The first kappa shape index (κ1) is 16.0. The van der Waals surface area contributed by atoms with Crippen molar-refractivity contribution in [3.05, 3.63) is 11.6 Å². The van der Waals surface area contributed by atoms with Gasteiger partial charge >= 0.3 is 0 Å². The molecule has 0 spiro atoms. The van der Waals surface area contributed by atoms with Gasteiger partial charge < -0.3 is 9.73 Å². The zero-order valence-electron chi connectivity index (χ0n) is 13.1. The Bertz CT molecular complexity index is 558. The van der Waals surface area contributed by atoms with Gasteiger partial charge in [0, 0.05) is 12.0 Å². The second-order valence-corrected chi connectivity index (χ2v) is 6.83. The molecule has 2 rings (SSSR count). The lowest BCUT2D eigenvalue weighted by Gasteiger charge is -2.19. The molecule has 0 saturated heterocycles. The van der Waals surface area contributed by atoms with Crippen molar-refractivity contribution < 1.29 is 4.42 Å². The van der Waals surface area contributed by atoms with E-state index in [4.69, 9.17) is 4.42 Å². The summed E-state index contributed by atoms with van der Waals surface area (Å²) in [5.41, 5.74) is 1.09. The maximum Gasteiger partial charge on any atom is 0.261 e. The van der Waals surface area contributed by atoms with Gasteiger partial charge in [-0.3, -0.25) is 0 Å². The second kappa shape index (κ2) is 7.09. The molecule has 0 aliphatic rings. The van der Waals surface area contributed by atoms with Crippen molar-refractivity contribution >= 4 is 11.5 Å². The van der Waals surface area contributed by atoms with Gasteiger partial charge in [-0.2, -0.15) is 0 Å². The summed E-state index contributed by atoms with van der Waals surface area (Å²) in [6.07, 6.45) is 3.67. The van der Waals surface area contributed by atoms with Gasteiger partial charge in [-0.05, 0) is 51.7 Å². The lowest BCUT2D eigenvalue weighted by molar-refractivity contribution is 0.413. The van der Waals surface area contributed by atoms with Crippen LogP contribution in [0.4, 0.5) is 0 Å². The summed E-state index contributed by atoms with van der Waals surface area (Å²) in [5, 5.41) is 15.8. The number of nitrogens with one attached hydrogen (secondary N) is 1. The number of nitrogens with zero attached hydrogens (tertiary/aromatic N) is 4. The summed E-state index contributed by atoms with van der Waals surface area (Å²) >= 11 is 1.32. The van der Waals surface area contributed by atoms with Gasteiger partial charge in [0.05, 0.1) is 5.69 Å². The maximum absolute atomic E-state index is 5.73. The van der Waals surface area contributed by atoms with Crippen LogP contribution in [-0.2, 0) is 12.8 Å². The molecular formula is C14H23N5OS. The van der Waals surface area contributed by atoms with Gasteiger partial charge in [0.25, 0.3) is 5.89 Å². The molecule has 116 valence electrons. The third-order valence-electron chi connectivity index (χ3n) is 2.93. The second-order valence-electron chi connectivity index (χ2n) is 6.08. The highest BCUT2D eigenvalue weighted by molar-refractivity contribution is 7.09. The molecule has 21 heavy (non-hydrogen) atoms. The molecule has 2 aromatic rings. The molecule has 0 saturated carbocycles. The van der Waals surface area contributed by atoms with Crippen LogP contribution in [0.2, 0.25) is 0 Å². The molecule has 0 atom stereocenters. The number of aromatic nitrogens is 4. The Balaban J connectivity index is 1.91. The predicted molar refractivity (Wildman–Crippen MR) is 83.3 cm³/mol. The highest BCUT2D eigenvalue weighted by Gasteiger charge is 2.16. The first-order chi connectivity index (χ1) is 9.99. The average Bonchev–Trinajstić information content (AvgIpc) is 3.02. The fourth-order valence-electron chi connectivity index (χ4n) is 1.92. The number of aryl methyl sites for hydroxylation is 2. The molecule has 7 heteroatoms. The largest absolute Gasteiger partial charge is 0.420 e. The van der Waals surface area contributed by atoms with E-state index in [0.29, 0.717) is 11.8 Å². The molecule has 0 bridgehead atoms. The number of hydrogen-bond acceptors (Lipinski definition) is 7. The minimum absolute atomic E-state index is 0.142. The Morgan fingerprint density at radius 2 is 1.95 bits per heavy atom. The Labute approximate surface area is 129 Å². The van der Waals surface area contributed by atoms with E-state index in [-0.39, 0.29) is 5.54 Å². The monoisotopic (exact) mass is 309 g/mol. The molecule has 0 unspecified atom stereocenters. The van der Waals surface area contributed by atoms with Gasteiger partial charge in [0.15, 0.2) is 0 Å². The number of rotatable bonds is 7. The molecule has 0 aromatic carbocycles. The maximum atomic E-state index is 5.73. The van der Waals surface area contributed by atoms with E-state index in [1.54, 1.807) is 0 Å². The first-order valence-corrected chi connectivity index (χ1v) is 8.16. The van der Waals surface area contributed by atoms with Crippen LogP contribution >= 0.6 is 11.5 Å².